The summed E-state index contributed by atoms with van der Waals surface area (Å²) < 4.78 is 5.43. The van der Waals surface area contributed by atoms with Crippen LogP contribution in [-0.4, -0.2) is 48.3 Å². The lowest BCUT2D eigenvalue weighted by molar-refractivity contribution is -0.127. The fourth-order valence-electron chi connectivity index (χ4n) is 5.75. The van der Waals surface area contributed by atoms with Crippen molar-refractivity contribution >= 4 is 28.5 Å². The predicted octanol–water partition coefficient (Wildman–Crippen LogP) is 4.67. The van der Waals surface area contributed by atoms with Crippen molar-refractivity contribution in [3.8, 4) is 11.8 Å². The number of hydrogen-bond acceptors (Lipinski definition) is 6. The fourth-order valence-corrected chi connectivity index (χ4v) is 5.75. The van der Waals surface area contributed by atoms with Gasteiger partial charge in [-0.2, -0.15) is 5.26 Å². The third kappa shape index (κ3) is 7.56. The molecule has 1 saturated heterocycles. The van der Waals surface area contributed by atoms with Gasteiger partial charge in [0.1, 0.15) is 11.8 Å². The second-order valence-corrected chi connectivity index (χ2v) is 11.6. The van der Waals surface area contributed by atoms with Crippen LogP contribution in [0.25, 0.3) is 10.9 Å². The summed E-state index contributed by atoms with van der Waals surface area (Å²) in [4.78, 5) is 42.9. The number of nitrogens with zero attached hydrogens (tertiary/aromatic N) is 1. The standard InChI is InChI=1S/C33H41N5O4/c1-20(2)15-24(17-30(39)28-18-25-26(37-28)11-8-12-31(25)42-4)33(41)38-27(16-23-13-14-35-32(23)40)29(19-34)36-21(3)22-9-6-5-7-10-22/h5-12,18,20-21,23-24,27,29,36-37H,13-17H2,1-4H3,(H,35,40)(H,38,41). The normalized spacial score (nSPS) is 17.7. The molecular weight excluding hydrogens is 530 g/mol. The zero-order chi connectivity index (χ0) is 30.2. The van der Waals surface area contributed by atoms with E-state index < -0.39 is 18.0 Å². The van der Waals surface area contributed by atoms with E-state index in [0.717, 1.165) is 16.5 Å². The van der Waals surface area contributed by atoms with Gasteiger partial charge in [-0.3, -0.25) is 19.7 Å². The quantitative estimate of drug-likeness (QED) is 0.208. The van der Waals surface area contributed by atoms with Gasteiger partial charge < -0.3 is 20.4 Å². The van der Waals surface area contributed by atoms with Gasteiger partial charge in [0.15, 0.2) is 5.78 Å². The summed E-state index contributed by atoms with van der Waals surface area (Å²) in [5.41, 5.74) is 2.22. The third-order valence-electron chi connectivity index (χ3n) is 8.00. The molecule has 222 valence electrons. The van der Waals surface area contributed by atoms with Crippen molar-refractivity contribution in [1.82, 2.24) is 20.9 Å². The highest BCUT2D eigenvalue weighted by molar-refractivity contribution is 6.02. The number of ketones is 1. The van der Waals surface area contributed by atoms with Crippen molar-refractivity contribution in [2.45, 2.75) is 64.6 Å². The Hall–Kier alpha value is -4.16. The van der Waals surface area contributed by atoms with Crippen molar-refractivity contribution in [3.63, 3.8) is 0 Å². The second-order valence-electron chi connectivity index (χ2n) is 11.6. The minimum atomic E-state index is -0.742. The molecule has 1 aromatic heterocycles. The number of aromatic nitrogens is 1. The fraction of sp³-hybridized carbons (Fsp3) is 0.455. The van der Waals surface area contributed by atoms with Crippen LogP contribution in [0, 0.1) is 29.1 Å². The molecule has 42 heavy (non-hydrogen) atoms. The van der Waals surface area contributed by atoms with Crippen LogP contribution >= 0.6 is 0 Å². The van der Waals surface area contributed by atoms with E-state index in [9.17, 15) is 19.6 Å². The smallest absolute Gasteiger partial charge is 0.223 e. The molecule has 2 aromatic carbocycles. The number of nitrogens with one attached hydrogen (secondary N) is 4. The van der Waals surface area contributed by atoms with Gasteiger partial charge in [-0.1, -0.05) is 50.2 Å². The van der Waals surface area contributed by atoms with E-state index in [1.165, 1.54) is 0 Å². The molecule has 2 amide bonds. The third-order valence-corrected chi connectivity index (χ3v) is 8.00. The van der Waals surface area contributed by atoms with Gasteiger partial charge in [0.2, 0.25) is 11.8 Å². The van der Waals surface area contributed by atoms with E-state index in [1.54, 1.807) is 13.2 Å². The number of H-pyrrole nitrogens is 1. The number of fused-ring (bicyclic) bond motifs is 1. The van der Waals surface area contributed by atoms with Crippen LogP contribution < -0.4 is 20.7 Å². The molecule has 0 saturated carbocycles. The van der Waals surface area contributed by atoms with Crippen molar-refractivity contribution < 1.29 is 19.1 Å². The zero-order valence-corrected chi connectivity index (χ0v) is 24.8. The molecule has 9 nitrogen and oxygen atoms in total. The highest BCUT2D eigenvalue weighted by Crippen LogP contribution is 2.28. The average molecular weight is 572 g/mol. The molecule has 1 fully saturated rings. The molecule has 3 aromatic rings. The number of methoxy groups -OCH3 is 1. The van der Waals surface area contributed by atoms with Gasteiger partial charge in [-0.15, -0.1) is 0 Å². The lowest BCUT2D eigenvalue weighted by atomic mass is 9.89. The first-order valence-electron chi connectivity index (χ1n) is 14.7. The number of rotatable bonds is 14. The van der Waals surface area contributed by atoms with Gasteiger partial charge in [0.25, 0.3) is 0 Å². The highest BCUT2D eigenvalue weighted by Gasteiger charge is 2.35. The monoisotopic (exact) mass is 571 g/mol. The van der Waals surface area contributed by atoms with Crippen LogP contribution in [0.15, 0.2) is 54.6 Å². The first-order chi connectivity index (χ1) is 20.2. The highest BCUT2D eigenvalue weighted by atomic mass is 16.5. The van der Waals surface area contributed by atoms with Gasteiger partial charge in [0, 0.05) is 41.7 Å². The summed E-state index contributed by atoms with van der Waals surface area (Å²) >= 11 is 0. The molecule has 5 unspecified atom stereocenters. The Labute approximate surface area is 247 Å². The Morgan fingerprint density at radius 2 is 1.88 bits per heavy atom. The van der Waals surface area contributed by atoms with Crippen LogP contribution in [0.5, 0.6) is 5.75 Å². The molecule has 9 heteroatoms. The minimum Gasteiger partial charge on any atom is -0.496 e. The Balaban J connectivity index is 1.54. The van der Waals surface area contributed by atoms with Crippen LogP contribution in [-0.2, 0) is 9.59 Å². The molecular formula is C33H41N5O4. The van der Waals surface area contributed by atoms with Crippen molar-refractivity contribution in [2.24, 2.45) is 17.8 Å². The molecule has 5 atom stereocenters. The van der Waals surface area contributed by atoms with Gasteiger partial charge >= 0.3 is 0 Å². The van der Waals surface area contributed by atoms with E-state index in [1.807, 2.05) is 69.3 Å². The number of amides is 2. The number of benzene rings is 2. The molecule has 1 aliphatic rings. The summed E-state index contributed by atoms with van der Waals surface area (Å²) in [7, 11) is 1.59. The van der Waals surface area contributed by atoms with Crippen molar-refractivity contribution in [1.29, 1.82) is 5.26 Å². The number of nitriles is 1. The van der Waals surface area contributed by atoms with E-state index in [4.69, 9.17) is 4.74 Å². The number of carbonyl (C=O) groups excluding carboxylic acids is 3. The maximum Gasteiger partial charge on any atom is 0.223 e. The van der Waals surface area contributed by atoms with E-state index in [-0.39, 0.29) is 41.9 Å². The number of carbonyl (C=O) groups is 3. The average Bonchev–Trinajstić information content (AvgIpc) is 3.61. The van der Waals surface area contributed by atoms with Crippen LogP contribution in [0.3, 0.4) is 0 Å². The minimum absolute atomic E-state index is 0.0147. The number of hydrogen-bond donors (Lipinski definition) is 4. The maximum absolute atomic E-state index is 13.8. The van der Waals surface area contributed by atoms with Gasteiger partial charge in [0.05, 0.1) is 24.9 Å². The lowest BCUT2D eigenvalue weighted by Crippen LogP contribution is -2.52. The van der Waals surface area contributed by atoms with Crippen LogP contribution in [0.1, 0.15) is 68.5 Å². The molecule has 0 spiro atoms. The summed E-state index contributed by atoms with van der Waals surface area (Å²) in [5, 5.41) is 20.3. The molecule has 0 bridgehead atoms. The number of aromatic amines is 1. The van der Waals surface area contributed by atoms with E-state index in [0.29, 0.717) is 37.3 Å². The summed E-state index contributed by atoms with van der Waals surface area (Å²) in [6.07, 6.45) is 1.49. The second kappa shape index (κ2) is 14.1. The Kier molecular flexibility index (Phi) is 10.4. The number of Topliss-reactive ketones (excluding diaryl/α,β-unsaturated/α-hetero) is 1. The largest absolute Gasteiger partial charge is 0.496 e. The summed E-state index contributed by atoms with van der Waals surface area (Å²) in [6, 6.07) is 17.9. The Morgan fingerprint density at radius 1 is 1.12 bits per heavy atom. The molecule has 0 aliphatic carbocycles. The lowest BCUT2D eigenvalue weighted by Gasteiger charge is -2.30. The first-order valence-corrected chi connectivity index (χ1v) is 14.7. The molecule has 4 N–H and O–H groups in total. The SMILES string of the molecule is COc1cccc2[nH]c(C(=O)CC(CC(C)C)C(=O)NC(CC3CCNC3=O)C(C#N)NC(C)c3ccccc3)cc12. The Bertz CT molecular complexity index is 1430. The molecule has 2 heterocycles. The summed E-state index contributed by atoms with van der Waals surface area (Å²) in [6.45, 7) is 6.57. The molecule has 4 rings (SSSR count). The van der Waals surface area contributed by atoms with Gasteiger partial charge in [-0.25, -0.2) is 0 Å². The molecule has 1 aliphatic heterocycles. The topological polar surface area (TPSA) is 136 Å². The molecule has 0 radical (unpaired) electrons. The van der Waals surface area contributed by atoms with Gasteiger partial charge in [-0.05, 0) is 55.9 Å². The van der Waals surface area contributed by atoms with Crippen molar-refractivity contribution in [3.05, 3.63) is 65.9 Å². The Morgan fingerprint density at radius 3 is 2.52 bits per heavy atom. The number of ether oxygens (including phenoxy) is 1. The summed E-state index contributed by atoms with van der Waals surface area (Å²) in [5.74, 6) is -0.596. The van der Waals surface area contributed by atoms with Crippen molar-refractivity contribution in [2.75, 3.05) is 13.7 Å². The van der Waals surface area contributed by atoms with E-state index in [2.05, 4.69) is 27.0 Å². The maximum atomic E-state index is 13.8. The van der Waals surface area contributed by atoms with E-state index >= 15 is 0 Å². The van der Waals surface area contributed by atoms with Crippen LogP contribution in [0.2, 0.25) is 0 Å². The first kappa shape index (κ1) is 30.8. The predicted molar refractivity (Wildman–Crippen MR) is 162 cm³/mol. The van der Waals surface area contributed by atoms with Crippen LogP contribution in [0.4, 0.5) is 0 Å². The zero-order valence-electron chi connectivity index (χ0n) is 24.8.